The molecule has 0 saturated carbocycles. The number of alkyl halides is 3. The van der Waals surface area contributed by atoms with Crippen molar-refractivity contribution in [3.63, 3.8) is 0 Å². The monoisotopic (exact) mass is 408 g/mol. The lowest BCUT2D eigenvalue weighted by atomic mass is 10.1. The lowest BCUT2D eigenvalue weighted by Gasteiger charge is -2.05. The van der Waals surface area contributed by atoms with Gasteiger partial charge in [0.2, 0.25) is 0 Å². The van der Waals surface area contributed by atoms with E-state index in [1.54, 1.807) is 13.8 Å². The highest BCUT2D eigenvalue weighted by molar-refractivity contribution is 7.20. The first-order chi connectivity index (χ1) is 13.2. The van der Waals surface area contributed by atoms with Crippen LogP contribution in [0, 0.1) is 6.92 Å². The number of carbonyl (C=O) groups is 1. The molecular formula is C19H15F3N2O3S. The van der Waals surface area contributed by atoms with E-state index in [0.717, 1.165) is 23.5 Å². The molecule has 0 radical (unpaired) electrons. The number of hydrogen-bond acceptors (Lipinski definition) is 5. The van der Waals surface area contributed by atoms with Crippen LogP contribution in [0.15, 0.2) is 29.1 Å². The van der Waals surface area contributed by atoms with E-state index in [1.807, 2.05) is 0 Å². The number of esters is 1. The summed E-state index contributed by atoms with van der Waals surface area (Å²) in [5.41, 5.74) is -0.115. The fourth-order valence-electron chi connectivity index (χ4n) is 2.59. The fraction of sp³-hybridized carbons (Fsp3) is 0.211. The summed E-state index contributed by atoms with van der Waals surface area (Å²) in [6, 6.07) is 4.61. The Hall–Kier alpha value is -2.94. The van der Waals surface area contributed by atoms with Gasteiger partial charge in [0.15, 0.2) is 0 Å². The Bertz CT molecular complexity index is 1110. The summed E-state index contributed by atoms with van der Waals surface area (Å²) in [5.74, 6) is -0.279. The molecule has 0 saturated heterocycles. The highest BCUT2D eigenvalue weighted by Crippen LogP contribution is 2.30. The first kappa shape index (κ1) is 19.8. The number of hydrogen-bond donors (Lipinski definition) is 1. The van der Waals surface area contributed by atoms with Gasteiger partial charge in [-0.1, -0.05) is 18.2 Å². The van der Waals surface area contributed by atoms with Crippen molar-refractivity contribution >= 4 is 39.7 Å². The van der Waals surface area contributed by atoms with E-state index in [0.29, 0.717) is 26.2 Å². The van der Waals surface area contributed by atoms with E-state index < -0.39 is 23.3 Å². The predicted molar refractivity (Wildman–Crippen MR) is 101 cm³/mol. The van der Waals surface area contributed by atoms with Crippen molar-refractivity contribution in [2.45, 2.75) is 20.0 Å². The van der Waals surface area contributed by atoms with Crippen LogP contribution in [0.2, 0.25) is 0 Å². The number of rotatable bonds is 4. The summed E-state index contributed by atoms with van der Waals surface area (Å²) in [4.78, 5) is 32.0. The maximum Gasteiger partial charge on any atom is 0.416 e. The molecular weight excluding hydrogens is 393 g/mol. The van der Waals surface area contributed by atoms with Gasteiger partial charge in [0, 0.05) is 0 Å². The first-order valence-electron chi connectivity index (χ1n) is 8.26. The summed E-state index contributed by atoms with van der Waals surface area (Å²) >= 11 is 1.06. The van der Waals surface area contributed by atoms with Crippen LogP contribution in [0.25, 0.3) is 22.4 Å². The van der Waals surface area contributed by atoms with Crippen LogP contribution in [0.5, 0.6) is 0 Å². The second-order valence-electron chi connectivity index (χ2n) is 5.86. The van der Waals surface area contributed by atoms with Gasteiger partial charge in [-0.05, 0) is 43.2 Å². The number of ether oxygens (including phenoxy) is 1. The maximum atomic E-state index is 12.6. The minimum absolute atomic E-state index is 0.220. The Morgan fingerprint density at radius 1 is 1.25 bits per heavy atom. The standard InChI is InChI=1S/C19H15F3N2O3S/c1-3-27-18(26)15-10(2)14-16(25)23-13(24-17(14)28-15)9-6-11-4-7-12(8-5-11)19(20,21)22/h4-9H,3H2,1-2H3,(H,23,24,25)/b9-6+. The SMILES string of the molecule is CCOC(=O)c1sc2nc(/C=C/c3ccc(C(F)(F)F)cc3)[nH]c(=O)c2c1C. The normalized spacial score (nSPS) is 12.0. The summed E-state index contributed by atoms with van der Waals surface area (Å²) in [6.45, 7) is 3.56. The predicted octanol–water partition coefficient (Wildman–Crippen LogP) is 4.66. The Morgan fingerprint density at radius 3 is 2.54 bits per heavy atom. The minimum Gasteiger partial charge on any atom is -0.462 e. The van der Waals surface area contributed by atoms with Gasteiger partial charge in [0.25, 0.3) is 5.56 Å². The average molecular weight is 408 g/mol. The van der Waals surface area contributed by atoms with Crippen molar-refractivity contribution < 1.29 is 22.7 Å². The molecule has 0 fully saturated rings. The number of aromatic amines is 1. The summed E-state index contributed by atoms with van der Waals surface area (Å²) < 4.78 is 42.8. The maximum absolute atomic E-state index is 12.6. The van der Waals surface area contributed by atoms with E-state index in [-0.39, 0.29) is 12.4 Å². The van der Waals surface area contributed by atoms with Gasteiger partial charge in [0.1, 0.15) is 15.5 Å². The molecule has 0 spiro atoms. The Kier molecular flexibility index (Phi) is 5.37. The molecule has 2 aromatic heterocycles. The van der Waals surface area contributed by atoms with Gasteiger partial charge in [-0.3, -0.25) is 4.79 Å². The van der Waals surface area contributed by atoms with Gasteiger partial charge in [-0.15, -0.1) is 11.3 Å². The first-order valence-corrected chi connectivity index (χ1v) is 9.08. The van der Waals surface area contributed by atoms with Gasteiger partial charge in [-0.25, -0.2) is 9.78 Å². The highest BCUT2D eigenvalue weighted by atomic mass is 32.1. The molecule has 1 N–H and O–H groups in total. The van der Waals surface area contributed by atoms with Crippen molar-refractivity contribution in [2.24, 2.45) is 0 Å². The third-order valence-corrected chi connectivity index (χ3v) is 5.12. The van der Waals surface area contributed by atoms with Crippen LogP contribution in [0.1, 0.15) is 39.1 Å². The van der Waals surface area contributed by atoms with Crippen molar-refractivity contribution in [2.75, 3.05) is 6.61 Å². The molecule has 3 aromatic rings. The number of nitrogens with zero attached hydrogens (tertiary/aromatic N) is 1. The molecule has 0 aliphatic heterocycles. The third-order valence-electron chi connectivity index (χ3n) is 3.95. The number of nitrogens with one attached hydrogen (secondary N) is 1. The zero-order valence-corrected chi connectivity index (χ0v) is 15.7. The van der Waals surface area contributed by atoms with Crippen LogP contribution in [-0.2, 0) is 10.9 Å². The van der Waals surface area contributed by atoms with E-state index in [9.17, 15) is 22.8 Å². The van der Waals surface area contributed by atoms with E-state index in [4.69, 9.17) is 4.74 Å². The number of H-pyrrole nitrogens is 1. The van der Waals surface area contributed by atoms with Crippen LogP contribution < -0.4 is 5.56 Å². The van der Waals surface area contributed by atoms with E-state index >= 15 is 0 Å². The summed E-state index contributed by atoms with van der Waals surface area (Å²) in [5, 5.41) is 0.319. The van der Waals surface area contributed by atoms with Crippen LogP contribution in [-0.4, -0.2) is 22.5 Å². The second kappa shape index (κ2) is 7.59. The van der Waals surface area contributed by atoms with Gasteiger partial charge < -0.3 is 9.72 Å². The van der Waals surface area contributed by atoms with Crippen LogP contribution in [0.3, 0.4) is 0 Å². The van der Waals surface area contributed by atoms with Crippen LogP contribution >= 0.6 is 11.3 Å². The fourth-order valence-corrected chi connectivity index (χ4v) is 3.67. The quantitative estimate of drug-likeness (QED) is 0.638. The molecule has 0 amide bonds. The summed E-state index contributed by atoms with van der Waals surface area (Å²) in [7, 11) is 0. The summed E-state index contributed by atoms with van der Waals surface area (Å²) in [6.07, 6.45) is -1.37. The molecule has 5 nitrogen and oxygen atoms in total. The second-order valence-corrected chi connectivity index (χ2v) is 6.86. The van der Waals surface area contributed by atoms with E-state index in [1.165, 1.54) is 24.3 Å². The largest absolute Gasteiger partial charge is 0.462 e. The van der Waals surface area contributed by atoms with Crippen molar-refractivity contribution in [1.29, 1.82) is 0 Å². The molecule has 1 aromatic carbocycles. The Labute approximate surface area is 161 Å². The highest BCUT2D eigenvalue weighted by Gasteiger charge is 2.29. The molecule has 2 heterocycles. The Morgan fingerprint density at radius 2 is 1.93 bits per heavy atom. The van der Waals surface area contributed by atoms with Gasteiger partial charge >= 0.3 is 12.1 Å². The van der Waals surface area contributed by atoms with Crippen molar-refractivity contribution in [3.05, 3.63) is 62.0 Å². The molecule has 28 heavy (non-hydrogen) atoms. The lowest BCUT2D eigenvalue weighted by Crippen LogP contribution is -2.10. The van der Waals surface area contributed by atoms with E-state index in [2.05, 4.69) is 9.97 Å². The number of fused-ring (bicyclic) bond motifs is 1. The topological polar surface area (TPSA) is 72.0 Å². The Balaban J connectivity index is 1.93. The zero-order chi connectivity index (χ0) is 20.5. The molecule has 0 aliphatic rings. The average Bonchev–Trinajstić information content (AvgIpc) is 2.97. The number of thiophene rings is 1. The van der Waals surface area contributed by atoms with Crippen molar-refractivity contribution in [1.82, 2.24) is 9.97 Å². The minimum atomic E-state index is -4.40. The number of aromatic nitrogens is 2. The molecule has 3 rings (SSSR count). The molecule has 0 aliphatic carbocycles. The number of benzene rings is 1. The molecule has 0 unspecified atom stereocenters. The lowest BCUT2D eigenvalue weighted by molar-refractivity contribution is -0.137. The number of halogens is 3. The van der Waals surface area contributed by atoms with Gasteiger partial charge in [0.05, 0.1) is 17.6 Å². The molecule has 0 bridgehead atoms. The number of aryl methyl sites for hydroxylation is 1. The van der Waals surface area contributed by atoms with Gasteiger partial charge in [-0.2, -0.15) is 13.2 Å². The molecule has 9 heteroatoms. The molecule has 0 atom stereocenters. The zero-order valence-electron chi connectivity index (χ0n) is 14.9. The van der Waals surface area contributed by atoms with Crippen LogP contribution in [0.4, 0.5) is 13.2 Å². The smallest absolute Gasteiger partial charge is 0.416 e. The third kappa shape index (κ3) is 3.99. The van der Waals surface area contributed by atoms with Crippen molar-refractivity contribution in [3.8, 4) is 0 Å². The molecule has 146 valence electrons. The number of carbonyl (C=O) groups excluding carboxylic acids is 1.